The van der Waals surface area contributed by atoms with Gasteiger partial charge < -0.3 is 10.8 Å². The molecule has 4 N–H and O–H groups in total. The zero-order valence-corrected chi connectivity index (χ0v) is 11.0. The number of nitrogens with one attached hydrogen (secondary N) is 1. The average molecular weight is 272 g/mol. The first-order chi connectivity index (χ1) is 8.27. The molecular weight excluding hydrogens is 256 g/mol. The number of anilines is 1. The molecule has 0 bridgehead atoms. The molecule has 0 fully saturated rings. The van der Waals surface area contributed by atoms with Crippen molar-refractivity contribution >= 4 is 21.7 Å². The van der Waals surface area contributed by atoms with Gasteiger partial charge in [-0.05, 0) is 31.5 Å². The van der Waals surface area contributed by atoms with Crippen molar-refractivity contribution < 1.29 is 18.3 Å². The second-order valence-corrected chi connectivity index (χ2v) is 5.67. The Morgan fingerprint density at radius 1 is 1.50 bits per heavy atom. The molecule has 0 aliphatic carbocycles. The third kappa shape index (κ3) is 3.21. The molecule has 0 aromatic heterocycles. The minimum Gasteiger partial charge on any atom is -0.478 e. The average Bonchev–Trinajstić information content (AvgIpc) is 2.27. The van der Waals surface area contributed by atoms with E-state index in [1.807, 2.05) is 6.92 Å². The summed E-state index contributed by atoms with van der Waals surface area (Å²) in [6, 6.07) is 3.33. The number of carboxylic acids is 1. The van der Waals surface area contributed by atoms with Crippen molar-refractivity contribution in [3.05, 3.63) is 23.8 Å². The van der Waals surface area contributed by atoms with Gasteiger partial charge in [0.25, 0.3) is 0 Å². The summed E-state index contributed by atoms with van der Waals surface area (Å²) >= 11 is 0. The summed E-state index contributed by atoms with van der Waals surface area (Å²) < 4.78 is 26.4. The fraction of sp³-hybridized carbons (Fsp3) is 0.364. The molecule has 18 heavy (non-hydrogen) atoms. The smallest absolute Gasteiger partial charge is 0.335 e. The third-order valence-corrected chi connectivity index (χ3v) is 4.18. The van der Waals surface area contributed by atoms with E-state index in [9.17, 15) is 13.2 Å². The van der Waals surface area contributed by atoms with E-state index in [1.165, 1.54) is 12.1 Å². The molecule has 1 unspecified atom stereocenters. The van der Waals surface area contributed by atoms with Crippen molar-refractivity contribution in [1.82, 2.24) is 4.72 Å². The van der Waals surface area contributed by atoms with Gasteiger partial charge in [-0.2, -0.15) is 0 Å². The number of aromatic carboxylic acids is 1. The van der Waals surface area contributed by atoms with E-state index in [2.05, 4.69) is 4.72 Å². The summed E-state index contributed by atoms with van der Waals surface area (Å²) in [5.74, 6) is -1.15. The number of rotatable bonds is 5. The summed E-state index contributed by atoms with van der Waals surface area (Å²) in [5, 5.41) is 8.77. The van der Waals surface area contributed by atoms with Crippen LogP contribution >= 0.6 is 0 Å². The van der Waals surface area contributed by atoms with Crippen molar-refractivity contribution in [1.29, 1.82) is 0 Å². The zero-order valence-electron chi connectivity index (χ0n) is 10.2. The predicted octanol–water partition coefficient (Wildman–Crippen LogP) is 1.04. The molecule has 0 aliphatic rings. The van der Waals surface area contributed by atoms with Crippen molar-refractivity contribution in [3.8, 4) is 0 Å². The zero-order chi connectivity index (χ0) is 13.9. The third-order valence-electron chi connectivity index (χ3n) is 2.51. The molecule has 1 aromatic carbocycles. The summed E-state index contributed by atoms with van der Waals surface area (Å²) in [4.78, 5) is 10.6. The fourth-order valence-electron chi connectivity index (χ4n) is 1.34. The Morgan fingerprint density at radius 2 is 2.11 bits per heavy atom. The van der Waals surface area contributed by atoms with Crippen LogP contribution in [0.2, 0.25) is 0 Å². The quantitative estimate of drug-likeness (QED) is 0.694. The van der Waals surface area contributed by atoms with E-state index in [-0.39, 0.29) is 22.2 Å². The maximum Gasteiger partial charge on any atom is 0.335 e. The van der Waals surface area contributed by atoms with Gasteiger partial charge in [0.2, 0.25) is 10.0 Å². The number of carboxylic acid groups (broad SMARTS) is 1. The Morgan fingerprint density at radius 3 is 2.56 bits per heavy atom. The first kappa shape index (κ1) is 14.5. The van der Waals surface area contributed by atoms with Crippen LogP contribution in [0.1, 0.15) is 30.6 Å². The minimum atomic E-state index is -3.71. The van der Waals surface area contributed by atoms with Crippen molar-refractivity contribution in [2.24, 2.45) is 0 Å². The van der Waals surface area contributed by atoms with Gasteiger partial charge in [-0.15, -0.1) is 0 Å². The number of hydrogen-bond donors (Lipinski definition) is 3. The van der Waals surface area contributed by atoms with Gasteiger partial charge in [-0.25, -0.2) is 17.9 Å². The number of nitrogens with two attached hydrogens (primary N) is 1. The van der Waals surface area contributed by atoms with Gasteiger partial charge in [0.1, 0.15) is 4.90 Å². The number of sulfonamides is 1. The SMILES string of the molecule is CCC(C)NS(=O)(=O)c1ccc(C(=O)O)cc1N. The molecule has 1 rings (SSSR count). The molecule has 0 radical (unpaired) electrons. The molecule has 0 heterocycles. The lowest BCUT2D eigenvalue weighted by molar-refractivity contribution is 0.0697. The molecule has 7 heteroatoms. The van der Waals surface area contributed by atoms with Gasteiger partial charge in [-0.3, -0.25) is 0 Å². The molecule has 0 aliphatic heterocycles. The molecule has 1 atom stereocenters. The van der Waals surface area contributed by atoms with Gasteiger partial charge in [0.15, 0.2) is 0 Å². The van der Waals surface area contributed by atoms with Gasteiger partial charge in [0, 0.05) is 6.04 Å². The van der Waals surface area contributed by atoms with Crippen LogP contribution in [-0.4, -0.2) is 25.5 Å². The second-order valence-electron chi connectivity index (χ2n) is 3.99. The van der Waals surface area contributed by atoms with Crippen LogP contribution in [0.4, 0.5) is 5.69 Å². The molecular formula is C11H16N2O4S. The molecule has 0 amide bonds. The van der Waals surface area contributed by atoms with E-state index in [1.54, 1.807) is 6.92 Å². The molecule has 6 nitrogen and oxygen atoms in total. The van der Waals surface area contributed by atoms with Crippen LogP contribution in [0.3, 0.4) is 0 Å². The first-order valence-electron chi connectivity index (χ1n) is 5.43. The largest absolute Gasteiger partial charge is 0.478 e. The number of carbonyl (C=O) groups is 1. The molecule has 0 saturated heterocycles. The summed E-state index contributed by atoms with van der Waals surface area (Å²) in [6.45, 7) is 3.59. The number of hydrogen-bond acceptors (Lipinski definition) is 4. The number of benzene rings is 1. The highest BCUT2D eigenvalue weighted by atomic mass is 32.2. The van der Waals surface area contributed by atoms with Crippen LogP contribution < -0.4 is 10.5 Å². The second kappa shape index (κ2) is 5.36. The normalized spacial score (nSPS) is 13.2. The maximum absolute atomic E-state index is 12.0. The monoisotopic (exact) mass is 272 g/mol. The van der Waals surface area contributed by atoms with Crippen molar-refractivity contribution in [2.45, 2.75) is 31.2 Å². The Bertz CT molecular complexity index is 554. The Kier molecular flexibility index (Phi) is 4.31. The molecule has 0 saturated carbocycles. The van der Waals surface area contributed by atoms with Crippen LogP contribution in [0, 0.1) is 0 Å². The van der Waals surface area contributed by atoms with Crippen molar-refractivity contribution in [3.63, 3.8) is 0 Å². The fourth-order valence-corrected chi connectivity index (χ4v) is 2.78. The Labute approximate surface area is 106 Å². The van der Waals surface area contributed by atoms with E-state index in [4.69, 9.17) is 10.8 Å². The van der Waals surface area contributed by atoms with Crippen LogP contribution in [0.25, 0.3) is 0 Å². The summed E-state index contributed by atoms with van der Waals surface area (Å²) in [5.41, 5.74) is 5.46. The standard InChI is InChI=1S/C11H16N2O4S/c1-3-7(2)13-18(16,17)10-5-4-8(11(14)15)6-9(10)12/h4-7,13H,3,12H2,1-2H3,(H,14,15). The van der Waals surface area contributed by atoms with Crippen LogP contribution in [0.15, 0.2) is 23.1 Å². The van der Waals surface area contributed by atoms with Crippen molar-refractivity contribution in [2.75, 3.05) is 5.73 Å². The van der Waals surface area contributed by atoms with E-state index >= 15 is 0 Å². The molecule has 0 spiro atoms. The van der Waals surface area contributed by atoms with E-state index in [0.29, 0.717) is 6.42 Å². The minimum absolute atomic E-state index is 0.0463. The lowest BCUT2D eigenvalue weighted by atomic mass is 10.2. The highest BCUT2D eigenvalue weighted by molar-refractivity contribution is 7.89. The summed E-state index contributed by atoms with van der Waals surface area (Å²) in [6.07, 6.45) is 0.645. The molecule has 1 aromatic rings. The van der Waals surface area contributed by atoms with Gasteiger partial charge >= 0.3 is 5.97 Å². The topological polar surface area (TPSA) is 109 Å². The number of nitrogen functional groups attached to an aromatic ring is 1. The first-order valence-corrected chi connectivity index (χ1v) is 6.91. The van der Waals surface area contributed by atoms with Crippen LogP contribution in [0.5, 0.6) is 0 Å². The lowest BCUT2D eigenvalue weighted by Crippen LogP contribution is -2.32. The van der Waals surface area contributed by atoms with Gasteiger partial charge in [0.05, 0.1) is 11.3 Å². The highest BCUT2D eigenvalue weighted by Gasteiger charge is 2.20. The van der Waals surface area contributed by atoms with Crippen LogP contribution in [-0.2, 0) is 10.0 Å². The summed E-state index contributed by atoms with van der Waals surface area (Å²) in [7, 11) is -3.71. The van der Waals surface area contributed by atoms with E-state index in [0.717, 1.165) is 6.07 Å². The predicted molar refractivity (Wildman–Crippen MR) is 67.9 cm³/mol. The Balaban J connectivity index is 3.14. The maximum atomic E-state index is 12.0. The molecule has 100 valence electrons. The van der Waals surface area contributed by atoms with E-state index < -0.39 is 16.0 Å². The van der Waals surface area contributed by atoms with Gasteiger partial charge in [-0.1, -0.05) is 6.92 Å². The lowest BCUT2D eigenvalue weighted by Gasteiger charge is -2.13. The Hall–Kier alpha value is -1.60. The highest BCUT2D eigenvalue weighted by Crippen LogP contribution is 2.20.